The van der Waals surface area contributed by atoms with Crippen LogP contribution < -0.4 is 5.56 Å². The molecule has 10 nitrogen and oxygen atoms in total. The van der Waals surface area contributed by atoms with E-state index in [9.17, 15) is 34.0 Å². The summed E-state index contributed by atoms with van der Waals surface area (Å²) in [6.07, 6.45) is 3.01. The molecule has 1 aliphatic carbocycles. The van der Waals surface area contributed by atoms with Gasteiger partial charge in [-0.2, -0.15) is 0 Å². The quantitative estimate of drug-likeness (QED) is 0.273. The van der Waals surface area contributed by atoms with Gasteiger partial charge in [-0.1, -0.05) is 38.3 Å². The number of carbonyl (C=O) groups excluding carboxylic acids is 1. The van der Waals surface area contributed by atoms with Crippen molar-refractivity contribution in [3.8, 4) is 0 Å². The molecule has 1 aliphatic rings. The van der Waals surface area contributed by atoms with E-state index in [1.807, 2.05) is 6.92 Å². The van der Waals surface area contributed by atoms with Crippen LogP contribution in [0.1, 0.15) is 72.6 Å². The van der Waals surface area contributed by atoms with E-state index in [2.05, 4.69) is 4.84 Å². The molecule has 37 heavy (non-hydrogen) atoms. The van der Waals surface area contributed by atoms with Crippen LogP contribution in [-0.2, 0) is 22.6 Å². The molecule has 0 aliphatic heterocycles. The van der Waals surface area contributed by atoms with Crippen molar-refractivity contribution in [1.82, 2.24) is 9.47 Å². The lowest BCUT2D eigenvalue weighted by molar-refractivity contribution is -0.757. The Hall–Kier alpha value is -3.76. The lowest BCUT2D eigenvalue weighted by Gasteiger charge is -2.43. The highest BCUT2D eigenvalue weighted by Crippen LogP contribution is 2.35. The number of amides is 1. The van der Waals surface area contributed by atoms with Crippen LogP contribution in [0.4, 0.5) is 4.39 Å². The third-order valence-corrected chi connectivity index (χ3v) is 7.00. The standard InChI is InChI=1S/C26H32FN3O7/c1-3-22-18(2)16-21(23(31)28(22)17-19-8-10-20(27)11-9-19)24(32)29(14-7-15-37-30(35)36)26(25(33)34)12-5-4-6-13-26/h8-11,16H,3-7,12-15,17H2,1-2H3,(H,33,34). The molecule has 200 valence electrons. The monoisotopic (exact) mass is 517 g/mol. The fourth-order valence-electron chi connectivity index (χ4n) is 5.16. The van der Waals surface area contributed by atoms with Gasteiger partial charge in [-0.3, -0.25) is 9.59 Å². The van der Waals surface area contributed by atoms with Crippen LogP contribution in [0.15, 0.2) is 35.1 Å². The van der Waals surface area contributed by atoms with Crippen molar-refractivity contribution in [2.24, 2.45) is 0 Å². The van der Waals surface area contributed by atoms with Crippen LogP contribution in [0, 0.1) is 22.9 Å². The molecule has 11 heteroatoms. The summed E-state index contributed by atoms with van der Waals surface area (Å²) in [4.78, 5) is 56.3. The van der Waals surface area contributed by atoms with E-state index in [-0.39, 0.29) is 44.5 Å². The molecular formula is C26H32FN3O7. The minimum Gasteiger partial charge on any atom is -0.479 e. The molecule has 0 atom stereocenters. The third kappa shape index (κ3) is 6.15. The van der Waals surface area contributed by atoms with Crippen LogP contribution in [-0.4, -0.2) is 50.2 Å². The number of pyridine rings is 1. The van der Waals surface area contributed by atoms with Gasteiger partial charge in [0.2, 0.25) is 0 Å². The van der Waals surface area contributed by atoms with Gasteiger partial charge in [0.05, 0.1) is 13.2 Å². The molecule has 1 fully saturated rings. The van der Waals surface area contributed by atoms with E-state index < -0.39 is 33.9 Å². The third-order valence-electron chi connectivity index (χ3n) is 7.00. The van der Waals surface area contributed by atoms with Crippen LogP contribution in [0.2, 0.25) is 0 Å². The molecule has 0 saturated heterocycles. The molecule has 1 amide bonds. The average molecular weight is 518 g/mol. The number of carbonyl (C=O) groups is 2. The maximum Gasteiger partial charge on any atom is 0.329 e. The Bertz CT molecular complexity index is 1200. The van der Waals surface area contributed by atoms with Crippen molar-refractivity contribution >= 4 is 11.9 Å². The number of hydrogen-bond donors (Lipinski definition) is 1. The molecule has 1 aromatic heterocycles. The highest BCUT2D eigenvalue weighted by Gasteiger charge is 2.47. The molecular weight excluding hydrogens is 485 g/mol. The molecule has 0 unspecified atom stereocenters. The number of nitrogens with zero attached hydrogens (tertiary/aromatic N) is 3. The van der Waals surface area contributed by atoms with Crippen LogP contribution >= 0.6 is 0 Å². The summed E-state index contributed by atoms with van der Waals surface area (Å²) in [6.45, 7) is 3.34. The minimum absolute atomic E-state index is 0.0253. The lowest BCUT2D eigenvalue weighted by atomic mass is 9.79. The average Bonchev–Trinajstić information content (AvgIpc) is 2.87. The lowest BCUT2D eigenvalue weighted by Crippen LogP contribution is -2.59. The first kappa shape index (κ1) is 27.8. The van der Waals surface area contributed by atoms with Gasteiger partial charge >= 0.3 is 5.97 Å². The van der Waals surface area contributed by atoms with Gasteiger partial charge in [0.1, 0.15) is 16.9 Å². The smallest absolute Gasteiger partial charge is 0.329 e. The summed E-state index contributed by atoms with van der Waals surface area (Å²) in [5.41, 5.74) is -0.182. The highest BCUT2D eigenvalue weighted by molar-refractivity contribution is 5.98. The van der Waals surface area contributed by atoms with Crippen LogP contribution in [0.5, 0.6) is 0 Å². The zero-order chi connectivity index (χ0) is 27.2. The zero-order valence-corrected chi connectivity index (χ0v) is 21.1. The maximum absolute atomic E-state index is 13.9. The zero-order valence-electron chi connectivity index (χ0n) is 21.1. The van der Waals surface area contributed by atoms with Crippen LogP contribution in [0.25, 0.3) is 0 Å². The van der Waals surface area contributed by atoms with Gasteiger partial charge in [0.15, 0.2) is 0 Å². The number of carboxylic acid groups (broad SMARTS) is 1. The molecule has 1 saturated carbocycles. The molecule has 0 radical (unpaired) electrons. The number of benzene rings is 1. The molecule has 1 aromatic carbocycles. The Morgan fingerprint density at radius 1 is 1.22 bits per heavy atom. The maximum atomic E-state index is 13.9. The second-order valence-electron chi connectivity index (χ2n) is 9.32. The van der Waals surface area contributed by atoms with E-state index in [1.165, 1.54) is 27.7 Å². The van der Waals surface area contributed by atoms with Gasteiger partial charge in [-0.05, 0) is 61.9 Å². The molecule has 0 bridgehead atoms. The fraction of sp³-hybridized carbons (Fsp3) is 0.500. The van der Waals surface area contributed by atoms with E-state index in [0.29, 0.717) is 36.1 Å². The van der Waals surface area contributed by atoms with Crippen molar-refractivity contribution in [3.63, 3.8) is 0 Å². The van der Waals surface area contributed by atoms with Crippen molar-refractivity contribution in [2.45, 2.75) is 70.9 Å². The summed E-state index contributed by atoms with van der Waals surface area (Å²) >= 11 is 0. The summed E-state index contributed by atoms with van der Waals surface area (Å²) in [5.74, 6) is -2.30. The Morgan fingerprint density at radius 3 is 2.43 bits per heavy atom. The van der Waals surface area contributed by atoms with Crippen molar-refractivity contribution in [2.75, 3.05) is 13.2 Å². The van der Waals surface area contributed by atoms with Gasteiger partial charge in [-0.25, -0.2) is 9.18 Å². The van der Waals surface area contributed by atoms with Gasteiger partial charge in [0, 0.05) is 12.2 Å². The highest BCUT2D eigenvalue weighted by atomic mass is 19.1. The van der Waals surface area contributed by atoms with Gasteiger partial charge in [0.25, 0.3) is 16.6 Å². The van der Waals surface area contributed by atoms with Crippen molar-refractivity contribution in [1.29, 1.82) is 0 Å². The van der Waals surface area contributed by atoms with Crippen molar-refractivity contribution in [3.05, 3.63) is 79.0 Å². The Balaban J connectivity index is 2.07. The summed E-state index contributed by atoms with van der Waals surface area (Å²) in [6, 6.07) is 7.20. The van der Waals surface area contributed by atoms with E-state index in [4.69, 9.17) is 0 Å². The molecule has 1 heterocycles. The number of hydrogen-bond acceptors (Lipinski definition) is 6. The molecule has 1 N–H and O–H groups in total. The minimum atomic E-state index is -1.52. The van der Waals surface area contributed by atoms with E-state index in [1.54, 1.807) is 19.1 Å². The molecule has 3 rings (SSSR count). The second kappa shape index (κ2) is 12.0. The first-order valence-corrected chi connectivity index (χ1v) is 12.4. The molecule has 0 spiro atoms. The summed E-state index contributed by atoms with van der Waals surface area (Å²) < 4.78 is 14.9. The normalized spacial score (nSPS) is 14.7. The van der Waals surface area contributed by atoms with Gasteiger partial charge < -0.3 is 19.4 Å². The number of carboxylic acids is 1. The summed E-state index contributed by atoms with van der Waals surface area (Å²) in [7, 11) is 0. The number of aryl methyl sites for hydroxylation is 1. The number of rotatable bonds is 11. The number of aliphatic carboxylic acids is 1. The SMILES string of the molecule is CCc1c(C)cc(C(=O)N(CCCO[N+](=O)[O-])C2(C(=O)O)CCCCC2)c(=O)n1Cc1ccc(F)cc1. The fourth-order valence-corrected chi connectivity index (χ4v) is 5.16. The Kier molecular flexibility index (Phi) is 9.01. The summed E-state index contributed by atoms with van der Waals surface area (Å²) in [5, 5.41) is 19.9. The predicted molar refractivity (Wildman–Crippen MR) is 132 cm³/mol. The first-order chi connectivity index (χ1) is 17.6. The van der Waals surface area contributed by atoms with Crippen LogP contribution in [0.3, 0.4) is 0 Å². The number of halogens is 1. The number of aromatic nitrogens is 1. The largest absolute Gasteiger partial charge is 0.479 e. The molecule has 2 aromatic rings. The van der Waals surface area contributed by atoms with E-state index in [0.717, 1.165) is 6.42 Å². The Morgan fingerprint density at radius 2 is 1.86 bits per heavy atom. The predicted octanol–water partition coefficient (Wildman–Crippen LogP) is 3.73. The van der Waals surface area contributed by atoms with E-state index >= 15 is 0 Å². The first-order valence-electron chi connectivity index (χ1n) is 12.4. The Labute approximate surface area is 213 Å². The topological polar surface area (TPSA) is 132 Å². The second-order valence-corrected chi connectivity index (χ2v) is 9.32. The van der Waals surface area contributed by atoms with Crippen molar-refractivity contribution < 1.29 is 29.0 Å². The van der Waals surface area contributed by atoms with Gasteiger partial charge in [-0.15, -0.1) is 10.1 Å².